The van der Waals surface area contributed by atoms with Gasteiger partial charge in [-0.2, -0.15) is 13.2 Å². The molecule has 1 saturated heterocycles. The number of alkyl halides is 3. The van der Waals surface area contributed by atoms with Crippen molar-refractivity contribution in [3.8, 4) is 0 Å². The Balaban J connectivity index is 2.24. The van der Waals surface area contributed by atoms with E-state index in [4.69, 9.17) is 0 Å². The topological polar surface area (TPSA) is 21.3 Å². The largest absolute Gasteiger partial charge is 0.414 e. The third-order valence-corrected chi connectivity index (χ3v) is 1.60. The van der Waals surface area contributed by atoms with Crippen LogP contribution in [0.15, 0.2) is 0 Å². The average molecular weight is 169 g/mol. The molecule has 0 amide bonds. The standard InChI is InChI=1S/C6H10F3NO/c1-4(6(7,8)9)11-5-2-10-3-5/h4-5,10H,2-3H2,1H3/t4-/m0/s1. The number of ether oxygens (including phenoxy) is 1. The lowest BCUT2D eigenvalue weighted by molar-refractivity contribution is -0.230. The van der Waals surface area contributed by atoms with Crippen molar-refractivity contribution < 1.29 is 17.9 Å². The monoisotopic (exact) mass is 169 g/mol. The zero-order chi connectivity index (χ0) is 8.48. The summed E-state index contributed by atoms with van der Waals surface area (Å²) in [5.74, 6) is 0. The second kappa shape index (κ2) is 2.98. The quantitative estimate of drug-likeness (QED) is 0.663. The fraction of sp³-hybridized carbons (Fsp3) is 1.00. The number of hydrogen-bond donors (Lipinski definition) is 1. The van der Waals surface area contributed by atoms with E-state index in [1.807, 2.05) is 0 Å². The molecule has 1 aliphatic rings. The van der Waals surface area contributed by atoms with Crippen molar-refractivity contribution in [1.82, 2.24) is 5.32 Å². The summed E-state index contributed by atoms with van der Waals surface area (Å²) in [6.45, 7) is 2.08. The van der Waals surface area contributed by atoms with E-state index < -0.39 is 12.3 Å². The van der Waals surface area contributed by atoms with Crippen molar-refractivity contribution in [3.05, 3.63) is 0 Å². The smallest absolute Gasteiger partial charge is 0.363 e. The molecule has 1 fully saturated rings. The van der Waals surface area contributed by atoms with Crippen LogP contribution in [0.4, 0.5) is 13.2 Å². The summed E-state index contributed by atoms with van der Waals surface area (Å²) in [7, 11) is 0. The second-order valence-corrected chi connectivity index (χ2v) is 2.60. The second-order valence-electron chi connectivity index (χ2n) is 2.60. The maximum absolute atomic E-state index is 11.8. The van der Waals surface area contributed by atoms with Gasteiger partial charge in [-0.3, -0.25) is 0 Å². The molecule has 0 aromatic rings. The normalized spacial score (nSPS) is 22.9. The van der Waals surface area contributed by atoms with Gasteiger partial charge in [0.15, 0.2) is 6.10 Å². The minimum atomic E-state index is -4.23. The van der Waals surface area contributed by atoms with E-state index in [0.717, 1.165) is 6.92 Å². The first-order valence-corrected chi connectivity index (χ1v) is 3.43. The van der Waals surface area contributed by atoms with E-state index in [2.05, 4.69) is 10.1 Å². The molecule has 0 aromatic carbocycles. The van der Waals surface area contributed by atoms with Crippen LogP contribution in [-0.2, 0) is 4.74 Å². The number of nitrogens with one attached hydrogen (secondary N) is 1. The predicted molar refractivity (Wildman–Crippen MR) is 33.3 cm³/mol. The summed E-state index contributed by atoms with van der Waals surface area (Å²) in [5, 5.41) is 2.83. The number of hydrogen-bond acceptors (Lipinski definition) is 2. The number of halogens is 3. The van der Waals surface area contributed by atoms with Crippen LogP contribution in [0.5, 0.6) is 0 Å². The van der Waals surface area contributed by atoms with Gasteiger partial charge in [-0.15, -0.1) is 0 Å². The van der Waals surface area contributed by atoms with Crippen molar-refractivity contribution in [2.45, 2.75) is 25.3 Å². The third kappa shape index (κ3) is 2.34. The molecule has 1 atom stereocenters. The predicted octanol–water partition coefficient (Wildman–Crippen LogP) is 0.926. The highest BCUT2D eigenvalue weighted by Crippen LogP contribution is 2.23. The van der Waals surface area contributed by atoms with Crippen LogP contribution in [0.2, 0.25) is 0 Å². The molecule has 1 heterocycles. The van der Waals surface area contributed by atoms with Crippen LogP contribution < -0.4 is 5.32 Å². The van der Waals surface area contributed by atoms with Gasteiger partial charge in [-0.1, -0.05) is 0 Å². The van der Waals surface area contributed by atoms with Crippen LogP contribution in [0.1, 0.15) is 6.92 Å². The molecule has 0 aliphatic carbocycles. The SMILES string of the molecule is C[C@H](OC1CNC1)C(F)(F)F. The van der Waals surface area contributed by atoms with Crippen molar-refractivity contribution in [3.63, 3.8) is 0 Å². The van der Waals surface area contributed by atoms with Crippen molar-refractivity contribution in [2.75, 3.05) is 13.1 Å². The lowest BCUT2D eigenvalue weighted by Crippen LogP contribution is -2.51. The lowest BCUT2D eigenvalue weighted by Gasteiger charge is -2.30. The molecule has 5 heteroatoms. The van der Waals surface area contributed by atoms with E-state index in [-0.39, 0.29) is 6.10 Å². The minimum Gasteiger partial charge on any atom is -0.363 e. The molecule has 0 spiro atoms. The Bertz CT molecular complexity index is 132. The molecule has 0 radical (unpaired) electrons. The van der Waals surface area contributed by atoms with Gasteiger partial charge in [0.05, 0.1) is 6.10 Å². The lowest BCUT2D eigenvalue weighted by atomic mass is 10.2. The summed E-state index contributed by atoms with van der Waals surface area (Å²) in [5.41, 5.74) is 0. The summed E-state index contributed by atoms with van der Waals surface area (Å²) in [4.78, 5) is 0. The van der Waals surface area contributed by atoms with Crippen LogP contribution in [-0.4, -0.2) is 31.5 Å². The van der Waals surface area contributed by atoms with Crippen LogP contribution >= 0.6 is 0 Å². The van der Waals surface area contributed by atoms with Gasteiger partial charge >= 0.3 is 6.18 Å². The van der Waals surface area contributed by atoms with Crippen LogP contribution in [0.25, 0.3) is 0 Å². The van der Waals surface area contributed by atoms with E-state index in [9.17, 15) is 13.2 Å². The minimum absolute atomic E-state index is 0.258. The molecule has 0 bridgehead atoms. The summed E-state index contributed by atoms with van der Waals surface area (Å²) < 4.78 is 40.1. The van der Waals surface area contributed by atoms with Gasteiger partial charge in [0, 0.05) is 13.1 Å². The van der Waals surface area contributed by atoms with E-state index in [1.54, 1.807) is 0 Å². The zero-order valence-corrected chi connectivity index (χ0v) is 6.11. The molecular weight excluding hydrogens is 159 g/mol. The van der Waals surface area contributed by atoms with Gasteiger partial charge in [-0.25, -0.2) is 0 Å². The fourth-order valence-corrected chi connectivity index (χ4v) is 0.724. The Labute approximate surface area is 62.7 Å². The summed E-state index contributed by atoms with van der Waals surface area (Å²) >= 11 is 0. The van der Waals surface area contributed by atoms with E-state index in [1.165, 1.54) is 0 Å². The fourth-order valence-electron chi connectivity index (χ4n) is 0.724. The molecule has 1 aliphatic heterocycles. The van der Waals surface area contributed by atoms with Crippen molar-refractivity contribution in [1.29, 1.82) is 0 Å². The molecule has 66 valence electrons. The molecule has 0 unspecified atom stereocenters. The molecule has 11 heavy (non-hydrogen) atoms. The maximum atomic E-state index is 11.8. The molecule has 2 nitrogen and oxygen atoms in total. The highest BCUT2D eigenvalue weighted by atomic mass is 19.4. The summed E-state index contributed by atoms with van der Waals surface area (Å²) in [6, 6.07) is 0. The number of rotatable bonds is 2. The Morgan fingerprint density at radius 1 is 1.45 bits per heavy atom. The van der Waals surface area contributed by atoms with Gasteiger partial charge < -0.3 is 10.1 Å². The molecule has 1 rings (SSSR count). The van der Waals surface area contributed by atoms with Crippen LogP contribution in [0.3, 0.4) is 0 Å². The average Bonchev–Trinajstić information content (AvgIpc) is 1.75. The molecular formula is C6H10F3NO. The Hall–Kier alpha value is -0.290. The zero-order valence-electron chi connectivity index (χ0n) is 6.11. The van der Waals surface area contributed by atoms with Crippen LogP contribution in [0, 0.1) is 0 Å². The molecule has 1 N–H and O–H groups in total. The first-order chi connectivity index (χ1) is 5.00. The van der Waals surface area contributed by atoms with Crippen molar-refractivity contribution in [2.24, 2.45) is 0 Å². The highest BCUT2D eigenvalue weighted by Gasteiger charge is 2.39. The Kier molecular flexibility index (Phi) is 2.39. The Morgan fingerprint density at radius 3 is 2.27 bits per heavy atom. The Morgan fingerprint density at radius 2 is 2.00 bits per heavy atom. The molecule has 0 aromatic heterocycles. The van der Waals surface area contributed by atoms with Gasteiger partial charge in [-0.05, 0) is 6.92 Å². The first-order valence-electron chi connectivity index (χ1n) is 3.43. The summed E-state index contributed by atoms with van der Waals surface area (Å²) in [6.07, 6.45) is -6.13. The van der Waals surface area contributed by atoms with Crippen molar-refractivity contribution >= 4 is 0 Å². The van der Waals surface area contributed by atoms with E-state index in [0.29, 0.717) is 13.1 Å². The maximum Gasteiger partial charge on any atom is 0.414 e. The third-order valence-electron chi connectivity index (χ3n) is 1.60. The van der Waals surface area contributed by atoms with Gasteiger partial charge in [0.1, 0.15) is 0 Å². The van der Waals surface area contributed by atoms with Gasteiger partial charge in [0.2, 0.25) is 0 Å². The van der Waals surface area contributed by atoms with Gasteiger partial charge in [0.25, 0.3) is 0 Å². The van der Waals surface area contributed by atoms with E-state index >= 15 is 0 Å². The highest BCUT2D eigenvalue weighted by molar-refractivity contribution is 4.77. The first kappa shape index (κ1) is 8.80. The molecule has 0 saturated carbocycles.